The second-order valence-electron chi connectivity index (χ2n) is 7.00. The average molecular weight is 334 g/mol. The molecular formula is C25H20N+. The summed E-state index contributed by atoms with van der Waals surface area (Å²) in [5, 5.41) is 7.95. The highest BCUT2D eigenvalue weighted by Crippen LogP contribution is 2.37. The Bertz CT molecular complexity index is 1300. The monoisotopic (exact) mass is 334 g/mol. The van der Waals surface area contributed by atoms with Crippen LogP contribution < -0.4 is 4.57 Å². The minimum absolute atomic E-state index is 1.24. The van der Waals surface area contributed by atoms with Crippen molar-refractivity contribution in [1.29, 1.82) is 0 Å². The van der Waals surface area contributed by atoms with Crippen molar-refractivity contribution in [1.82, 2.24) is 0 Å². The van der Waals surface area contributed by atoms with Crippen molar-refractivity contribution in [3.8, 4) is 11.3 Å². The Morgan fingerprint density at radius 1 is 0.577 bits per heavy atom. The molecule has 4 aromatic carbocycles. The Morgan fingerprint density at radius 2 is 1.08 bits per heavy atom. The number of benzene rings is 4. The Kier molecular flexibility index (Phi) is 3.29. The summed E-state index contributed by atoms with van der Waals surface area (Å²) in [6.07, 6.45) is 2.11. The van der Waals surface area contributed by atoms with Gasteiger partial charge >= 0.3 is 0 Å². The van der Waals surface area contributed by atoms with Crippen LogP contribution in [0.3, 0.4) is 0 Å². The highest BCUT2D eigenvalue weighted by Gasteiger charge is 2.15. The summed E-state index contributed by atoms with van der Waals surface area (Å²) >= 11 is 0. The van der Waals surface area contributed by atoms with Crippen LogP contribution in [0.25, 0.3) is 43.6 Å². The molecule has 0 fully saturated rings. The van der Waals surface area contributed by atoms with Gasteiger partial charge in [0.05, 0.1) is 0 Å². The molecule has 0 saturated heterocycles. The van der Waals surface area contributed by atoms with Crippen molar-refractivity contribution < 1.29 is 4.57 Å². The van der Waals surface area contributed by atoms with Gasteiger partial charge in [-0.05, 0) is 63.0 Å². The summed E-state index contributed by atoms with van der Waals surface area (Å²) < 4.78 is 2.19. The first-order valence-electron chi connectivity index (χ1n) is 9.03. The minimum Gasteiger partial charge on any atom is -0.201 e. The molecular weight excluding hydrogens is 314 g/mol. The highest BCUT2D eigenvalue weighted by molar-refractivity contribution is 6.25. The molecule has 0 bridgehead atoms. The van der Waals surface area contributed by atoms with Crippen molar-refractivity contribution in [2.75, 3.05) is 0 Å². The molecule has 0 atom stereocenters. The molecule has 0 aliphatic rings. The van der Waals surface area contributed by atoms with E-state index in [1.807, 2.05) is 0 Å². The molecule has 1 nitrogen and oxygen atoms in total. The SMILES string of the molecule is Cc1cc2c3ccccc3c3ccccc3c2cc1-c1cccc[n+]1C. The topological polar surface area (TPSA) is 3.88 Å². The van der Waals surface area contributed by atoms with Crippen molar-refractivity contribution in [2.45, 2.75) is 6.92 Å². The Morgan fingerprint density at radius 3 is 1.65 bits per heavy atom. The van der Waals surface area contributed by atoms with Crippen LogP contribution in [0.4, 0.5) is 0 Å². The van der Waals surface area contributed by atoms with Gasteiger partial charge < -0.3 is 0 Å². The molecule has 0 N–H and O–H groups in total. The van der Waals surface area contributed by atoms with E-state index in [9.17, 15) is 0 Å². The lowest BCUT2D eigenvalue weighted by molar-refractivity contribution is -0.660. The first-order chi connectivity index (χ1) is 12.7. The smallest absolute Gasteiger partial charge is 0.201 e. The van der Waals surface area contributed by atoms with Gasteiger partial charge in [0.1, 0.15) is 7.05 Å². The number of aryl methyl sites for hydroxylation is 2. The normalized spacial score (nSPS) is 11.5. The Labute approximate surface area is 153 Å². The fourth-order valence-corrected chi connectivity index (χ4v) is 4.14. The Hall–Kier alpha value is -3.19. The third kappa shape index (κ3) is 2.14. The largest absolute Gasteiger partial charge is 0.212 e. The van der Waals surface area contributed by atoms with Crippen molar-refractivity contribution in [3.63, 3.8) is 0 Å². The maximum atomic E-state index is 2.37. The number of hydrogen-bond acceptors (Lipinski definition) is 0. The Balaban J connectivity index is 2.00. The average Bonchev–Trinajstić information content (AvgIpc) is 2.68. The van der Waals surface area contributed by atoms with Crippen LogP contribution in [-0.4, -0.2) is 0 Å². The predicted molar refractivity (Wildman–Crippen MR) is 110 cm³/mol. The van der Waals surface area contributed by atoms with Crippen molar-refractivity contribution >= 4 is 32.3 Å². The summed E-state index contributed by atoms with van der Waals surface area (Å²) in [7, 11) is 2.11. The summed E-state index contributed by atoms with van der Waals surface area (Å²) in [4.78, 5) is 0. The maximum Gasteiger partial charge on any atom is 0.212 e. The van der Waals surface area contributed by atoms with Crippen LogP contribution in [0.1, 0.15) is 5.56 Å². The van der Waals surface area contributed by atoms with Crippen LogP contribution in [0.2, 0.25) is 0 Å². The lowest BCUT2D eigenvalue weighted by Crippen LogP contribution is -2.30. The van der Waals surface area contributed by atoms with Gasteiger partial charge in [0.15, 0.2) is 6.20 Å². The molecule has 1 heterocycles. The van der Waals surface area contributed by atoms with Crippen molar-refractivity contribution in [2.24, 2.45) is 7.05 Å². The van der Waals surface area contributed by atoms with E-state index in [1.54, 1.807) is 0 Å². The number of fused-ring (bicyclic) bond motifs is 6. The molecule has 0 unspecified atom stereocenters. The lowest BCUT2D eigenvalue weighted by atomic mass is 9.91. The third-order valence-corrected chi connectivity index (χ3v) is 5.42. The van der Waals surface area contributed by atoms with Gasteiger partial charge in [-0.1, -0.05) is 48.5 Å². The van der Waals surface area contributed by atoms with Gasteiger partial charge in [0, 0.05) is 17.7 Å². The molecule has 5 rings (SSSR count). The van der Waals surface area contributed by atoms with Gasteiger partial charge in [-0.15, -0.1) is 0 Å². The number of pyridine rings is 1. The molecule has 1 heteroatoms. The number of hydrogen-bond donors (Lipinski definition) is 0. The van der Waals surface area contributed by atoms with E-state index in [4.69, 9.17) is 0 Å². The quantitative estimate of drug-likeness (QED) is 0.263. The van der Waals surface area contributed by atoms with E-state index >= 15 is 0 Å². The molecule has 0 aliphatic heterocycles. The van der Waals surface area contributed by atoms with Gasteiger partial charge in [-0.2, -0.15) is 0 Å². The number of aromatic nitrogens is 1. The van der Waals surface area contributed by atoms with E-state index < -0.39 is 0 Å². The van der Waals surface area contributed by atoms with E-state index in [2.05, 4.69) is 104 Å². The molecule has 1 aromatic heterocycles. The van der Waals surface area contributed by atoms with E-state index in [0.717, 1.165) is 0 Å². The molecule has 0 amide bonds. The minimum atomic E-state index is 1.24. The second-order valence-corrected chi connectivity index (χ2v) is 7.00. The van der Waals surface area contributed by atoms with Crippen LogP contribution in [-0.2, 0) is 7.05 Å². The van der Waals surface area contributed by atoms with Gasteiger partial charge in [-0.25, -0.2) is 4.57 Å². The summed E-state index contributed by atoms with van der Waals surface area (Å²) in [5.41, 5.74) is 3.84. The maximum absolute atomic E-state index is 2.37. The van der Waals surface area contributed by atoms with E-state index in [1.165, 1.54) is 49.1 Å². The van der Waals surface area contributed by atoms with Crippen LogP contribution >= 0.6 is 0 Å². The van der Waals surface area contributed by atoms with Gasteiger partial charge in [0.2, 0.25) is 5.69 Å². The van der Waals surface area contributed by atoms with E-state index in [-0.39, 0.29) is 0 Å². The third-order valence-electron chi connectivity index (χ3n) is 5.42. The zero-order chi connectivity index (χ0) is 17.7. The molecule has 0 spiro atoms. The number of rotatable bonds is 1. The van der Waals surface area contributed by atoms with Crippen LogP contribution in [0.15, 0.2) is 85.1 Å². The summed E-state index contributed by atoms with van der Waals surface area (Å²) in [6, 6.07) is 28.6. The molecule has 0 radical (unpaired) electrons. The zero-order valence-electron chi connectivity index (χ0n) is 15.0. The fourth-order valence-electron chi connectivity index (χ4n) is 4.14. The predicted octanol–water partition coefficient (Wildman–Crippen LogP) is 5.95. The summed E-state index contributed by atoms with van der Waals surface area (Å²) in [5.74, 6) is 0. The molecule has 0 aliphatic carbocycles. The lowest BCUT2D eigenvalue weighted by Gasteiger charge is -2.13. The van der Waals surface area contributed by atoms with Gasteiger partial charge in [-0.3, -0.25) is 0 Å². The van der Waals surface area contributed by atoms with Crippen molar-refractivity contribution in [3.05, 3.63) is 90.6 Å². The molecule has 26 heavy (non-hydrogen) atoms. The summed E-state index contributed by atoms with van der Waals surface area (Å²) in [6.45, 7) is 2.21. The van der Waals surface area contributed by atoms with Crippen LogP contribution in [0, 0.1) is 6.92 Å². The number of nitrogens with zero attached hydrogens (tertiary/aromatic N) is 1. The van der Waals surface area contributed by atoms with Gasteiger partial charge in [0.25, 0.3) is 0 Å². The fraction of sp³-hybridized carbons (Fsp3) is 0.0800. The van der Waals surface area contributed by atoms with Crippen LogP contribution in [0.5, 0.6) is 0 Å². The standard InChI is InChI=1S/C25H20N/c1-17-15-23-20-11-5-3-9-18(20)19-10-4-6-12-21(19)24(23)16-22(17)25-13-7-8-14-26(25)2/h3-16H,1-2H3/q+1. The molecule has 0 saturated carbocycles. The highest BCUT2D eigenvalue weighted by atomic mass is 14.9. The first-order valence-corrected chi connectivity index (χ1v) is 9.03. The second kappa shape index (κ2) is 5.67. The molecule has 5 aromatic rings. The zero-order valence-corrected chi connectivity index (χ0v) is 15.0. The van der Waals surface area contributed by atoms with E-state index in [0.29, 0.717) is 0 Å². The molecule has 124 valence electrons. The first kappa shape index (κ1) is 15.1.